The van der Waals surface area contributed by atoms with Crippen LogP contribution in [0.2, 0.25) is 5.02 Å². The highest BCUT2D eigenvalue weighted by Crippen LogP contribution is 2.54. The summed E-state index contributed by atoms with van der Waals surface area (Å²) < 4.78 is 16.9. The summed E-state index contributed by atoms with van der Waals surface area (Å²) in [5.74, 6) is -0.737. The number of benzene rings is 2. The van der Waals surface area contributed by atoms with E-state index in [-0.39, 0.29) is 16.5 Å². The van der Waals surface area contributed by atoms with Crippen molar-refractivity contribution in [2.45, 2.75) is 36.5 Å². The topological polar surface area (TPSA) is 62.5 Å². The summed E-state index contributed by atoms with van der Waals surface area (Å²) in [5.41, 5.74) is 1.63. The molecule has 1 aliphatic carbocycles. The molecule has 1 aromatic heterocycles. The average Bonchev–Trinajstić information content (AvgIpc) is 3.59. The summed E-state index contributed by atoms with van der Waals surface area (Å²) in [5, 5.41) is 12.8. The normalized spacial score (nSPS) is 20.2. The Balaban J connectivity index is 1.68. The fourth-order valence-electron chi connectivity index (χ4n) is 5.18. The number of aryl methyl sites for hydroxylation is 1. The lowest BCUT2D eigenvalue weighted by Gasteiger charge is -2.44. The van der Waals surface area contributed by atoms with Gasteiger partial charge in [0.1, 0.15) is 5.82 Å². The Hall–Kier alpha value is -2.77. The van der Waals surface area contributed by atoms with Crippen LogP contribution in [0.3, 0.4) is 0 Å². The molecule has 3 heterocycles. The van der Waals surface area contributed by atoms with E-state index in [1.807, 2.05) is 35.3 Å². The van der Waals surface area contributed by atoms with Crippen molar-refractivity contribution >= 4 is 29.1 Å². The Morgan fingerprint density at radius 2 is 1.91 bits per heavy atom. The predicted octanol–water partition coefficient (Wildman–Crippen LogP) is 4.96. The minimum Gasteiger partial charge on any atom is -0.503 e. The van der Waals surface area contributed by atoms with E-state index in [4.69, 9.17) is 11.6 Å². The summed E-state index contributed by atoms with van der Waals surface area (Å²) in [6, 6.07) is 12.3. The first-order chi connectivity index (χ1) is 15.8. The van der Waals surface area contributed by atoms with E-state index in [1.54, 1.807) is 29.4 Å². The number of ketones is 1. The molecule has 6 rings (SSSR count). The van der Waals surface area contributed by atoms with Gasteiger partial charge in [-0.15, -0.1) is 11.8 Å². The summed E-state index contributed by atoms with van der Waals surface area (Å²) in [4.78, 5) is 26.8. The maximum atomic E-state index is 15.2. The van der Waals surface area contributed by atoms with Crippen LogP contribution in [0.4, 0.5) is 4.39 Å². The van der Waals surface area contributed by atoms with Gasteiger partial charge in [0.25, 0.3) is 0 Å². The molecule has 33 heavy (non-hydrogen) atoms. The third-order valence-corrected chi connectivity index (χ3v) is 8.43. The smallest absolute Gasteiger partial charge is 0.224 e. The fraction of sp³-hybridized carbons (Fsp3) is 0.280. The molecule has 2 aromatic carbocycles. The Labute approximate surface area is 198 Å². The first kappa shape index (κ1) is 20.8. The van der Waals surface area contributed by atoms with Crippen molar-refractivity contribution in [3.63, 3.8) is 0 Å². The highest BCUT2D eigenvalue weighted by molar-refractivity contribution is 7.98. The minimum atomic E-state index is -0.642. The van der Waals surface area contributed by atoms with Gasteiger partial charge >= 0.3 is 0 Å². The molecular formula is C25H20ClFN2O3S. The maximum Gasteiger partial charge on any atom is 0.224 e. The van der Waals surface area contributed by atoms with Gasteiger partial charge in [0, 0.05) is 34.5 Å². The van der Waals surface area contributed by atoms with Gasteiger partial charge in [0.05, 0.1) is 16.5 Å². The molecule has 168 valence electrons. The van der Waals surface area contributed by atoms with E-state index >= 15 is 4.39 Å². The molecule has 1 fully saturated rings. The quantitative estimate of drug-likeness (QED) is 0.531. The molecule has 0 amide bonds. The lowest BCUT2D eigenvalue weighted by Crippen LogP contribution is -2.52. The summed E-state index contributed by atoms with van der Waals surface area (Å²) >= 11 is 7.70. The predicted molar refractivity (Wildman–Crippen MR) is 125 cm³/mol. The van der Waals surface area contributed by atoms with Gasteiger partial charge in [0.15, 0.2) is 17.2 Å². The SMILES string of the molecule is Cc1cc(=O)c(O)c2n1N(C1c3ccccc3SCc3c1ccc(Cl)c3F)CC1(CC1)C2=O. The van der Waals surface area contributed by atoms with Gasteiger partial charge in [-0.05, 0) is 43.0 Å². The Morgan fingerprint density at radius 1 is 1.15 bits per heavy atom. The molecule has 0 saturated heterocycles. The second-order valence-corrected chi connectivity index (χ2v) is 10.4. The van der Waals surface area contributed by atoms with Crippen LogP contribution in [0, 0.1) is 18.2 Å². The molecule has 1 spiro atoms. The third kappa shape index (κ3) is 2.91. The molecule has 1 atom stereocenters. The average molecular weight is 483 g/mol. The molecule has 3 aliphatic rings. The van der Waals surface area contributed by atoms with Crippen molar-refractivity contribution in [3.8, 4) is 5.75 Å². The Bertz CT molecular complexity index is 1420. The standard InChI is InChI=1S/C25H20ClFN2O3S/c1-13-10-18(30)23(31)22-24(32)25(8-9-25)12-28(29(13)22)21-14-6-7-17(26)20(27)16(14)11-33-19-5-3-2-4-15(19)21/h2-7,10,21,31H,8-9,11-12H2,1H3. The van der Waals surface area contributed by atoms with Gasteiger partial charge in [-0.2, -0.15) is 0 Å². The number of halogens is 2. The number of aromatic hydroxyl groups is 1. The maximum absolute atomic E-state index is 15.2. The molecule has 2 aliphatic heterocycles. The molecule has 0 bridgehead atoms. The van der Waals surface area contributed by atoms with Crippen LogP contribution < -0.4 is 10.4 Å². The van der Waals surface area contributed by atoms with E-state index in [9.17, 15) is 14.7 Å². The van der Waals surface area contributed by atoms with E-state index in [0.29, 0.717) is 36.4 Å². The first-order valence-electron chi connectivity index (χ1n) is 10.8. The zero-order valence-electron chi connectivity index (χ0n) is 17.8. The molecule has 8 heteroatoms. The van der Waals surface area contributed by atoms with Crippen molar-refractivity contribution < 1.29 is 14.3 Å². The van der Waals surface area contributed by atoms with Crippen LogP contribution in [-0.4, -0.2) is 22.1 Å². The number of carbonyl (C=O) groups is 1. The number of fused-ring (bicyclic) bond motifs is 3. The number of rotatable bonds is 1. The van der Waals surface area contributed by atoms with Gasteiger partial charge < -0.3 is 5.11 Å². The van der Waals surface area contributed by atoms with E-state index in [1.165, 1.54) is 6.07 Å². The van der Waals surface area contributed by atoms with Gasteiger partial charge in [-0.25, -0.2) is 4.39 Å². The zero-order chi connectivity index (χ0) is 23.1. The number of aromatic nitrogens is 1. The fourth-order valence-corrected chi connectivity index (χ4v) is 6.47. The van der Waals surface area contributed by atoms with E-state index in [2.05, 4.69) is 0 Å². The monoisotopic (exact) mass is 482 g/mol. The van der Waals surface area contributed by atoms with Gasteiger partial charge in [-0.3, -0.25) is 19.3 Å². The lowest BCUT2D eigenvalue weighted by atomic mass is 9.89. The second-order valence-electron chi connectivity index (χ2n) is 9.02. The molecular weight excluding hydrogens is 463 g/mol. The largest absolute Gasteiger partial charge is 0.503 e. The molecule has 1 unspecified atom stereocenters. The molecule has 1 N–H and O–H groups in total. The number of carbonyl (C=O) groups excluding carboxylic acids is 1. The molecule has 3 aromatic rings. The van der Waals surface area contributed by atoms with E-state index < -0.39 is 28.5 Å². The van der Waals surface area contributed by atoms with Gasteiger partial charge in [-0.1, -0.05) is 35.9 Å². The summed E-state index contributed by atoms with van der Waals surface area (Å²) in [7, 11) is 0. The number of nitrogens with zero attached hydrogens (tertiary/aromatic N) is 2. The Morgan fingerprint density at radius 3 is 2.67 bits per heavy atom. The number of Topliss-reactive ketones (excluding diaryl/α,β-unsaturated/α-hetero) is 1. The highest BCUT2D eigenvalue weighted by atomic mass is 35.5. The summed E-state index contributed by atoms with van der Waals surface area (Å²) in [6.07, 6.45) is 1.38. The minimum absolute atomic E-state index is 0.0223. The van der Waals surface area contributed by atoms with E-state index in [0.717, 1.165) is 16.0 Å². The zero-order valence-corrected chi connectivity index (χ0v) is 19.3. The highest BCUT2D eigenvalue weighted by Gasteiger charge is 2.57. The number of thioether (sulfide) groups is 1. The van der Waals surface area contributed by atoms with Crippen LogP contribution in [0.5, 0.6) is 5.75 Å². The molecule has 1 saturated carbocycles. The van der Waals surface area contributed by atoms with Crippen molar-refractivity contribution in [2.24, 2.45) is 5.41 Å². The number of pyridine rings is 1. The van der Waals surface area contributed by atoms with Gasteiger partial charge in [0.2, 0.25) is 5.43 Å². The van der Waals surface area contributed by atoms with Crippen LogP contribution in [0.1, 0.15) is 51.8 Å². The van der Waals surface area contributed by atoms with Crippen LogP contribution in [0.25, 0.3) is 0 Å². The van der Waals surface area contributed by atoms with Crippen LogP contribution >= 0.6 is 23.4 Å². The first-order valence-corrected chi connectivity index (χ1v) is 12.1. The van der Waals surface area contributed by atoms with Crippen LogP contribution in [0.15, 0.2) is 52.2 Å². The number of hydrogen-bond acceptors (Lipinski definition) is 5. The van der Waals surface area contributed by atoms with Crippen molar-refractivity contribution in [3.05, 3.63) is 91.6 Å². The molecule has 0 radical (unpaired) electrons. The third-order valence-electron chi connectivity index (χ3n) is 7.03. The van der Waals surface area contributed by atoms with Crippen molar-refractivity contribution in [2.75, 3.05) is 11.6 Å². The molecule has 5 nitrogen and oxygen atoms in total. The Kier molecular flexibility index (Phi) is 4.48. The van der Waals surface area contributed by atoms with Crippen molar-refractivity contribution in [1.29, 1.82) is 0 Å². The van der Waals surface area contributed by atoms with Crippen molar-refractivity contribution in [1.82, 2.24) is 4.68 Å². The lowest BCUT2D eigenvalue weighted by molar-refractivity contribution is 0.0855. The number of hydrogen-bond donors (Lipinski definition) is 1. The summed E-state index contributed by atoms with van der Waals surface area (Å²) in [6.45, 7) is 2.16. The van der Waals surface area contributed by atoms with Crippen LogP contribution in [-0.2, 0) is 5.75 Å². The second kappa shape index (κ2) is 7.11.